The number of benzene rings is 4. The Morgan fingerprint density at radius 3 is 2.51 bits per heavy atom. The molecule has 0 aliphatic carbocycles. The third kappa shape index (κ3) is 3.39. The number of hydrogen-bond donors (Lipinski definition) is 0. The molecule has 0 saturated heterocycles. The fraction of sp³-hybridized carbons (Fsp3) is 0.0857. The van der Waals surface area contributed by atoms with Gasteiger partial charge in [0, 0.05) is 48.7 Å². The first kappa shape index (κ1) is 24.0. The van der Waals surface area contributed by atoms with E-state index in [1.54, 1.807) is 0 Å². The third-order valence-corrected chi connectivity index (χ3v) is 8.22. The van der Waals surface area contributed by atoms with E-state index < -0.39 is 0 Å². The SMILES string of the molecule is CC1(C)c2ccccc2-n2c3cnccc3c3cc(-c4cc[c-]c(-c5nccc6ccccc56)c4)cc1c32.[Ir]. The van der Waals surface area contributed by atoms with Crippen LogP contribution in [0.4, 0.5) is 0 Å². The first-order chi connectivity index (χ1) is 18.6. The Balaban J connectivity index is 0.00000253. The molecule has 1 aliphatic rings. The van der Waals surface area contributed by atoms with E-state index in [9.17, 15) is 0 Å². The Labute approximate surface area is 240 Å². The summed E-state index contributed by atoms with van der Waals surface area (Å²) in [6.07, 6.45) is 5.78. The van der Waals surface area contributed by atoms with Crippen LogP contribution in [0.3, 0.4) is 0 Å². The Morgan fingerprint density at radius 2 is 1.59 bits per heavy atom. The van der Waals surface area contributed by atoms with Gasteiger partial charge in [-0.1, -0.05) is 56.3 Å². The first-order valence-electron chi connectivity index (χ1n) is 13.0. The zero-order valence-corrected chi connectivity index (χ0v) is 24.0. The fourth-order valence-electron chi connectivity index (χ4n) is 6.35. The average Bonchev–Trinajstić information content (AvgIpc) is 3.30. The van der Waals surface area contributed by atoms with Gasteiger partial charge in [-0.15, -0.1) is 35.4 Å². The van der Waals surface area contributed by atoms with Crippen molar-refractivity contribution in [2.24, 2.45) is 0 Å². The molecular formula is C35H24IrN3-. The molecule has 0 N–H and O–H groups in total. The van der Waals surface area contributed by atoms with Gasteiger partial charge in [-0.2, -0.15) is 0 Å². The smallest absolute Gasteiger partial charge is 0.0724 e. The van der Waals surface area contributed by atoms with E-state index in [2.05, 4.69) is 114 Å². The zero-order chi connectivity index (χ0) is 25.4. The Bertz CT molecular complexity index is 2060. The summed E-state index contributed by atoms with van der Waals surface area (Å²) in [5.41, 5.74) is 10.5. The van der Waals surface area contributed by atoms with Crippen molar-refractivity contribution >= 4 is 32.6 Å². The third-order valence-electron chi connectivity index (χ3n) is 8.22. The van der Waals surface area contributed by atoms with E-state index in [1.807, 2.05) is 24.7 Å². The molecule has 0 amide bonds. The monoisotopic (exact) mass is 679 g/mol. The van der Waals surface area contributed by atoms with E-state index in [-0.39, 0.29) is 25.5 Å². The number of rotatable bonds is 2. The van der Waals surface area contributed by atoms with Gasteiger partial charge in [-0.05, 0) is 63.5 Å². The van der Waals surface area contributed by atoms with Gasteiger partial charge in [0.15, 0.2) is 0 Å². The Hall–Kier alpha value is -4.11. The number of pyridine rings is 2. The van der Waals surface area contributed by atoms with Crippen LogP contribution < -0.4 is 0 Å². The zero-order valence-electron chi connectivity index (χ0n) is 21.6. The molecular weight excluding hydrogens is 655 g/mol. The van der Waals surface area contributed by atoms with E-state index in [1.165, 1.54) is 44.1 Å². The van der Waals surface area contributed by atoms with Crippen LogP contribution in [-0.2, 0) is 25.5 Å². The maximum Gasteiger partial charge on any atom is 0.0724 e. The van der Waals surface area contributed by atoms with Gasteiger partial charge in [0.1, 0.15) is 0 Å². The summed E-state index contributed by atoms with van der Waals surface area (Å²) >= 11 is 0. The van der Waals surface area contributed by atoms with Gasteiger partial charge in [0.25, 0.3) is 0 Å². The minimum atomic E-state index is -0.149. The van der Waals surface area contributed by atoms with Crippen LogP contribution in [0.5, 0.6) is 0 Å². The maximum atomic E-state index is 4.76. The van der Waals surface area contributed by atoms with Gasteiger partial charge in [0.05, 0.1) is 22.9 Å². The number of aromatic nitrogens is 3. The summed E-state index contributed by atoms with van der Waals surface area (Å²) < 4.78 is 2.40. The van der Waals surface area contributed by atoms with Crippen LogP contribution in [0.1, 0.15) is 25.0 Å². The van der Waals surface area contributed by atoms with Crippen LogP contribution in [0, 0.1) is 6.07 Å². The minimum Gasteiger partial charge on any atom is -0.307 e. The molecule has 0 bridgehead atoms. The maximum absolute atomic E-state index is 4.76. The van der Waals surface area contributed by atoms with Crippen LogP contribution in [0.25, 0.3) is 60.6 Å². The molecule has 0 spiro atoms. The molecule has 0 unspecified atom stereocenters. The predicted molar refractivity (Wildman–Crippen MR) is 156 cm³/mol. The molecule has 1 radical (unpaired) electrons. The van der Waals surface area contributed by atoms with E-state index in [4.69, 9.17) is 4.98 Å². The molecule has 0 saturated carbocycles. The molecule has 1 aliphatic heterocycles. The second kappa shape index (κ2) is 8.71. The quantitative estimate of drug-likeness (QED) is 0.172. The topological polar surface area (TPSA) is 30.7 Å². The summed E-state index contributed by atoms with van der Waals surface area (Å²) in [6, 6.07) is 36.0. The molecule has 0 atom stereocenters. The molecule has 0 fully saturated rings. The molecule has 189 valence electrons. The first-order valence-corrected chi connectivity index (χ1v) is 13.0. The average molecular weight is 679 g/mol. The summed E-state index contributed by atoms with van der Waals surface area (Å²) in [6.45, 7) is 4.68. The van der Waals surface area contributed by atoms with E-state index in [0.29, 0.717) is 0 Å². The van der Waals surface area contributed by atoms with Crippen molar-refractivity contribution in [2.45, 2.75) is 19.3 Å². The van der Waals surface area contributed by atoms with E-state index in [0.717, 1.165) is 27.7 Å². The van der Waals surface area contributed by atoms with Gasteiger partial charge in [-0.3, -0.25) is 4.98 Å². The van der Waals surface area contributed by atoms with Gasteiger partial charge in [0.2, 0.25) is 0 Å². The van der Waals surface area contributed by atoms with Crippen molar-refractivity contribution in [3.05, 3.63) is 127 Å². The van der Waals surface area contributed by atoms with Crippen LogP contribution in [0.15, 0.2) is 110 Å². The largest absolute Gasteiger partial charge is 0.307 e. The molecule has 4 aromatic carbocycles. The number of fused-ring (bicyclic) bond motifs is 6. The van der Waals surface area contributed by atoms with Crippen LogP contribution in [-0.4, -0.2) is 14.5 Å². The standard InChI is InChI=1S/C35H24N3.Ir/c1-35(2)29-12-5-6-13-31(29)38-32-21-36-16-15-27(32)28-19-25(20-30(35)34(28)38)23-9-7-10-24(18-23)33-26-11-4-3-8-22(26)14-17-37-33;/h3-9,11-21H,1-2H3;/q-1;. The van der Waals surface area contributed by atoms with Crippen molar-refractivity contribution in [1.82, 2.24) is 14.5 Å². The fourth-order valence-corrected chi connectivity index (χ4v) is 6.35. The number of nitrogens with zero attached hydrogens (tertiary/aromatic N) is 3. The molecule has 4 heteroatoms. The van der Waals surface area contributed by atoms with Gasteiger partial charge >= 0.3 is 0 Å². The van der Waals surface area contributed by atoms with Crippen LogP contribution in [0.2, 0.25) is 0 Å². The van der Waals surface area contributed by atoms with Crippen molar-refractivity contribution in [1.29, 1.82) is 0 Å². The van der Waals surface area contributed by atoms with Gasteiger partial charge < -0.3 is 9.55 Å². The molecule has 8 rings (SSSR count). The molecule has 3 aromatic heterocycles. The predicted octanol–water partition coefficient (Wildman–Crippen LogP) is 8.50. The Morgan fingerprint density at radius 1 is 0.744 bits per heavy atom. The molecule has 3 nitrogen and oxygen atoms in total. The summed E-state index contributed by atoms with van der Waals surface area (Å²) in [4.78, 5) is 9.25. The van der Waals surface area contributed by atoms with Gasteiger partial charge in [-0.25, -0.2) is 0 Å². The molecule has 7 aromatic rings. The second-order valence-electron chi connectivity index (χ2n) is 10.7. The number of hydrogen-bond acceptors (Lipinski definition) is 2. The molecule has 4 heterocycles. The summed E-state index contributed by atoms with van der Waals surface area (Å²) in [5.74, 6) is 0. The van der Waals surface area contributed by atoms with E-state index >= 15 is 0 Å². The summed E-state index contributed by atoms with van der Waals surface area (Å²) in [5, 5.41) is 4.81. The minimum absolute atomic E-state index is 0. The van der Waals surface area contributed by atoms with Crippen molar-refractivity contribution < 1.29 is 20.1 Å². The summed E-state index contributed by atoms with van der Waals surface area (Å²) in [7, 11) is 0. The van der Waals surface area contributed by atoms with Crippen molar-refractivity contribution in [2.75, 3.05) is 0 Å². The van der Waals surface area contributed by atoms with Crippen molar-refractivity contribution in [3.63, 3.8) is 0 Å². The molecule has 39 heavy (non-hydrogen) atoms. The normalized spacial score (nSPS) is 13.4. The van der Waals surface area contributed by atoms with Crippen LogP contribution >= 0.6 is 0 Å². The number of para-hydroxylation sites is 1. The Kier molecular flexibility index (Phi) is 5.35. The van der Waals surface area contributed by atoms with Crippen molar-refractivity contribution in [3.8, 4) is 28.1 Å². The second-order valence-corrected chi connectivity index (χ2v) is 10.7.